The lowest BCUT2D eigenvalue weighted by atomic mass is 9.97. The van der Waals surface area contributed by atoms with E-state index in [0.29, 0.717) is 23.3 Å². The first kappa shape index (κ1) is 21.0. The van der Waals surface area contributed by atoms with Gasteiger partial charge in [-0.1, -0.05) is 35.5 Å². The summed E-state index contributed by atoms with van der Waals surface area (Å²) in [4.78, 5) is 28.2. The van der Waals surface area contributed by atoms with Crippen LogP contribution in [0.5, 0.6) is 0 Å². The molecular formula is C20H25ClN6O2S. The van der Waals surface area contributed by atoms with Gasteiger partial charge < -0.3 is 15.5 Å². The Morgan fingerprint density at radius 1 is 1.13 bits per heavy atom. The van der Waals surface area contributed by atoms with Gasteiger partial charge in [0.05, 0.1) is 22.4 Å². The maximum atomic E-state index is 12.8. The van der Waals surface area contributed by atoms with Gasteiger partial charge in [0.15, 0.2) is 5.16 Å². The molecule has 0 aliphatic carbocycles. The van der Waals surface area contributed by atoms with E-state index >= 15 is 0 Å². The summed E-state index contributed by atoms with van der Waals surface area (Å²) in [7, 11) is 0. The highest BCUT2D eigenvalue weighted by atomic mass is 35.5. The van der Waals surface area contributed by atoms with E-state index in [1.165, 1.54) is 11.8 Å². The first-order valence-corrected chi connectivity index (χ1v) is 11.6. The number of amides is 2. The van der Waals surface area contributed by atoms with Gasteiger partial charge in [0.1, 0.15) is 0 Å². The van der Waals surface area contributed by atoms with Crippen LogP contribution < -0.4 is 10.6 Å². The van der Waals surface area contributed by atoms with Gasteiger partial charge in [0.25, 0.3) is 0 Å². The zero-order chi connectivity index (χ0) is 21.1. The van der Waals surface area contributed by atoms with Crippen LogP contribution >= 0.6 is 23.4 Å². The predicted octanol–water partition coefficient (Wildman–Crippen LogP) is 2.34. The summed E-state index contributed by atoms with van der Waals surface area (Å²) in [6.07, 6.45) is 3.77. The summed E-state index contributed by atoms with van der Waals surface area (Å²) in [5.41, 5.74) is 6.23. The Morgan fingerprint density at radius 3 is 2.63 bits per heavy atom. The van der Waals surface area contributed by atoms with Gasteiger partial charge in [-0.25, -0.2) is 0 Å². The van der Waals surface area contributed by atoms with E-state index in [2.05, 4.69) is 15.1 Å². The van der Waals surface area contributed by atoms with Gasteiger partial charge in [-0.15, -0.1) is 10.2 Å². The molecule has 4 rings (SSSR count). The van der Waals surface area contributed by atoms with Crippen molar-refractivity contribution in [2.24, 2.45) is 11.7 Å². The average Bonchev–Trinajstić information content (AvgIpc) is 3.42. The molecule has 1 aromatic heterocycles. The second-order valence-electron chi connectivity index (χ2n) is 7.63. The Kier molecular flexibility index (Phi) is 6.48. The molecule has 1 atom stereocenters. The number of carbonyl (C=O) groups excluding carboxylic acids is 2. The molecule has 1 aromatic carbocycles. The van der Waals surface area contributed by atoms with Crippen LogP contribution in [0, 0.1) is 5.92 Å². The number of benzene rings is 1. The molecule has 0 unspecified atom stereocenters. The molecule has 2 N–H and O–H groups in total. The van der Waals surface area contributed by atoms with Crippen molar-refractivity contribution >= 4 is 41.1 Å². The van der Waals surface area contributed by atoms with Gasteiger partial charge in [0.2, 0.25) is 17.8 Å². The van der Waals surface area contributed by atoms with E-state index in [-0.39, 0.29) is 23.5 Å². The molecule has 2 saturated heterocycles. The van der Waals surface area contributed by atoms with Gasteiger partial charge in [0, 0.05) is 26.2 Å². The highest BCUT2D eigenvalue weighted by Crippen LogP contribution is 2.32. The topological polar surface area (TPSA) is 97.3 Å². The number of para-hydroxylation sites is 1. The molecule has 2 aliphatic heterocycles. The second-order valence-corrected chi connectivity index (χ2v) is 8.98. The first-order chi connectivity index (χ1) is 14.5. The molecule has 2 fully saturated rings. The third-order valence-electron chi connectivity index (χ3n) is 5.60. The molecule has 2 amide bonds. The number of piperidine rings is 1. The minimum Gasteiger partial charge on any atom is -0.369 e. The number of hydrogen-bond donors (Lipinski definition) is 1. The maximum absolute atomic E-state index is 12.8. The molecule has 0 bridgehead atoms. The smallest absolute Gasteiger partial charge is 0.233 e. The van der Waals surface area contributed by atoms with Crippen molar-refractivity contribution in [3.63, 3.8) is 0 Å². The van der Waals surface area contributed by atoms with E-state index in [0.717, 1.165) is 50.4 Å². The predicted molar refractivity (Wildman–Crippen MR) is 117 cm³/mol. The highest BCUT2D eigenvalue weighted by molar-refractivity contribution is 7.99. The Hall–Kier alpha value is -2.26. The molecule has 2 aromatic rings. The number of carbonyl (C=O) groups is 2. The summed E-state index contributed by atoms with van der Waals surface area (Å²) >= 11 is 7.81. The molecule has 2 aliphatic rings. The van der Waals surface area contributed by atoms with Crippen molar-refractivity contribution in [3.05, 3.63) is 29.3 Å². The van der Waals surface area contributed by atoms with Crippen LogP contribution in [-0.4, -0.2) is 63.4 Å². The fraction of sp³-hybridized carbons (Fsp3) is 0.500. The number of likely N-dealkylation sites (tertiary alicyclic amines) is 1. The minimum absolute atomic E-state index is 0.0256. The lowest BCUT2D eigenvalue weighted by Crippen LogP contribution is -2.44. The van der Waals surface area contributed by atoms with E-state index in [1.54, 1.807) is 4.90 Å². The zero-order valence-corrected chi connectivity index (χ0v) is 18.2. The standard InChI is InChI=1S/C20H25ClN6O2S/c21-15-7-1-2-8-16(15)27-19(25-9-3-4-10-25)23-24-20(27)30-13-17(28)26-11-5-6-14(12-26)18(22)29/h1-2,7-8,14H,3-6,9-13H2,(H2,22,29)/t14-/m0/s1. The number of halogens is 1. The number of thioether (sulfide) groups is 1. The van der Waals surface area contributed by atoms with Crippen molar-refractivity contribution < 1.29 is 9.59 Å². The molecule has 160 valence electrons. The number of nitrogens with zero attached hydrogens (tertiary/aromatic N) is 5. The van der Waals surface area contributed by atoms with Crippen molar-refractivity contribution in [2.45, 2.75) is 30.8 Å². The fourth-order valence-corrected chi connectivity index (χ4v) is 5.04. The summed E-state index contributed by atoms with van der Waals surface area (Å²) in [6.45, 7) is 2.90. The Morgan fingerprint density at radius 2 is 1.90 bits per heavy atom. The van der Waals surface area contributed by atoms with E-state index in [4.69, 9.17) is 17.3 Å². The fourth-order valence-electron chi connectivity index (χ4n) is 3.98. The van der Waals surface area contributed by atoms with Crippen LogP contribution in [-0.2, 0) is 9.59 Å². The summed E-state index contributed by atoms with van der Waals surface area (Å²) < 4.78 is 1.94. The van der Waals surface area contributed by atoms with Crippen LogP contribution in [0.2, 0.25) is 5.02 Å². The molecule has 0 radical (unpaired) electrons. The molecule has 0 saturated carbocycles. The molecular weight excluding hydrogens is 424 g/mol. The van der Waals surface area contributed by atoms with E-state index in [9.17, 15) is 9.59 Å². The van der Waals surface area contributed by atoms with E-state index < -0.39 is 0 Å². The number of nitrogens with two attached hydrogens (primary N) is 1. The molecule has 30 heavy (non-hydrogen) atoms. The molecule has 10 heteroatoms. The summed E-state index contributed by atoms with van der Waals surface area (Å²) in [5.74, 6) is 0.341. The third-order valence-corrected chi connectivity index (χ3v) is 6.83. The quantitative estimate of drug-likeness (QED) is 0.681. The third kappa shape index (κ3) is 4.41. The zero-order valence-electron chi connectivity index (χ0n) is 16.7. The SMILES string of the molecule is NC(=O)[C@H]1CCCN(C(=O)CSc2nnc(N3CCCC3)n2-c2ccccc2Cl)C1. The highest BCUT2D eigenvalue weighted by Gasteiger charge is 2.28. The van der Waals surface area contributed by atoms with Gasteiger partial charge in [-0.3, -0.25) is 14.2 Å². The van der Waals surface area contributed by atoms with Crippen molar-refractivity contribution in [1.82, 2.24) is 19.7 Å². The summed E-state index contributed by atoms with van der Waals surface area (Å²) in [5, 5.41) is 10.0. The van der Waals surface area contributed by atoms with E-state index in [1.807, 2.05) is 28.8 Å². The van der Waals surface area contributed by atoms with Crippen molar-refractivity contribution in [1.29, 1.82) is 0 Å². The van der Waals surface area contributed by atoms with Crippen LogP contribution in [0.25, 0.3) is 5.69 Å². The van der Waals surface area contributed by atoms with Crippen LogP contribution in [0.1, 0.15) is 25.7 Å². The Labute approximate surface area is 184 Å². The number of hydrogen-bond acceptors (Lipinski definition) is 6. The summed E-state index contributed by atoms with van der Waals surface area (Å²) in [6, 6.07) is 7.57. The maximum Gasteiger partial charge on any atom is 0.233 e. The minimum atomic E-state index is -0.339. The number of aromatic nitrogens is 3. The first-order valence-electron chi connectivity index (χ1n) is 10.2. The lowest BCUT2D eigenvalue weighted by Gasteiger charge is -2.31. The molecule has 0 spiro atoms. The largest absolute Gasteiger partial charge is 0.369 e. The normalized spacial score (nSPS) is 19.3. The van der Waals surface area contributed by atoms with Crippen molar-refractivity contribution in [2.75, 3.05) is 36.8 Å². The van der Waals surface area contributed by atoms with Gasteiger partial charge >= 0.3 is 0 Å². The van der Waals surface area contributed by atoms with Crippen LogP contribution in [0.15, 0.2) is 29.4 Å². The van der Waals surface area contributed by atoms with Gasteiger partial charge in [-0.05, 0) is 37.8 Å². The van der Waals surface area contributed by atoms with Crippen LogP contribution in [0.3, 0.4) is 0 Å². The number of rotatable bonds is 6. The Bertz CT molecular complexity index is 930. The van der Waals surface area contributed by atoms with Gasteiger partial charge in [-0.2, -0.15) is 0 Å². The monoisotopic (exact) mass is 448 g/mol. The second kappa shape index (κ2) is 9.26. The van der Waals surface area contributed by atoms with Crippen molar-refractivity contribution in [3.8, 4) is 5.69 Å². The average molecular weight is 449 g/mol. The molecule has 8 nitrogen and oxygen atoms in total. The lowest BCUT2D eigenvalue weighted by molar-refractivity contribution is -0.132. The number of anilines is 1. The Balaban J connectivity index is 1.53. The van der Waals surface area contributed by atoms with Crippen LogP contribution in [0.4, 0.5) is 5.95 Å². The molecule has 3 heterocycles. The number of primary amides is 1.